The lowest BCUT2D eigenvalue weighted by atomic mass is 9.89. The summed E-state index contributed by atoms with van der Waals surface area (Å²) in [5.74, 6) is 0.0585. The molecule has 0 saturated carbocycles. The van der Waals surface area contributed by atoms with Crippen LogP contribution in [-0.2, 0) is 11.3 Å². The van der Waals surface area contributed by atoms with Crippen LogP contribution in [0.1, 0.15) is 24.3 Å². The number of amides is 1. The molecule has 144 valence electrons. The number of carbonyl (C=O) groups excluding carboxylic acids is 1. The van der Waals surface area contributed by atoms with E-state index in [9.17, 15) is 14.7 Å². The number of aromatic hydroxyl groups is 1. The lowest BCUT2D eigenvalue weighted by Crippen LogP contribution is -2.41. The molecule has 0 aliphatic carbocycles. The van der Waals surface area contributed by atoms with Crippen LogP contribution < -0.4 is 5.76 Å². The molecule has 1 aromatic heterocycles. The van der Waals surface area contributed by atoms with Crippen LogP contribution in [0.5, 0.6) is 5.75 Å². The van der Waals surface area contributed by atoms with Gasteiger partial charge in [-0.25, -0.2) is 4.79 Å². The maximum absolute atomic E-state index is 12.6. The average Bonchev–Trinajstić information content (AvgIpc) is 3.10. The van der Waals surface area contributed by atoms with Crippen molar-refractivity contribution in [1.29, 1.82) is 0 Å². The van der Waals surface area contributed by atoms with Crippen molar-refractivity contribution in [1.82, 2.24) is 14.7 Å². The molecule has 1 amide bonds. The molecule has 0 spiro atoms. The molecule has 3 aromatic rings. The number of benzene rings is 2. The second-order valence-corrected chi connectivity index (χ2v) is 6.94. The van der Waals surface area contributed by atoms with Crippen LogP contribution in [0.25, 0.3) is 11.5 Å². The summed E-state index contributed by atoms with van der Waals surface area (Å²) >= 11 is 0. The zero-order valence-electron chi connectivity index (χ0n) is 15.3. The molecule has 1 aliphatic heterocycles. The molecule has 4 rings (SSSR count). The smallest absolute Gasteiger partial charge is 0.437 e. The van der Waals surface area contributed by atoms with Crippen LogP contribution in [0, 0.1) is 0 Å². The van der Waals surface area contributed by atoms with E-state index in [2.05, 4.69) is 5.10 Å². The SMILES string of the molecule is O=C(Cn1nc(-c2ccccc2)oc1=O)N1CCC(c2ccc(O)cc2)CC1. The molecule has 0 atom stereocenters. The van der Waals surface area contributed by atoms with Gasteiger partial charge in [-0.1, -0.05) is 30.3 Å². The van der Waals surface area contributed by atoms with Crippen molar-refractivity contribution in [3.8, 4) is 17.2 Å². The monoisotopic (exact) mass is 379 g/mol. The second kappa shape index (κ2) is 7.72. The highest BCUT2D eigenvalue weighted by molar-refractivity contribution is 5.76. The predicted octanol–water partition coefficient (Wildman–Crippen LogP) is 2.62. The highest BCUT2D eigenvalue weighted by Crippen LogP contribution is 2.29. The Morgan fingerprint density at radius 2 is 1.75 bits per heavy atom. The van der Waals surface area contributed by atoms with E-state index in [4.69, 9.17) is 4.42 Å². The van der Waals surface area contributed by atoms with Gasteiger partial charge in [-0.15, -0.1) is 5.10 Å². The molecule has 0 bridgehead atoms. The Balaban J connectivity index is 1.38. The summed E-state index contributed by atoms with van der Waals surface area (Å²) in [4.78, 5) is 26.4. The number of nitrogens with zero attached hydrogens (tertiary/aromatic N) is 3. The summed E-state index contributed by atoms with van der Waals surface area (Å²) in [6.07, 6.45) is 1.69. The van der Waals surface area contributed by atoms with E-state index in [1.807, 2.05) is 30.3 Å². The predicted molar refractivity (Wildman–Crippen MR) is 103 cm³/mol. The van der Waals surface area contributed by atoms with Crippen LogP contribution in [0.15, 0.2) is 63.8 Å². The van der Waals surface area contributed by atoms with Crippen molar-refractivity contribution >= 4 is 5.91 Å². The van der Waals surface area contributed by atoms with Gasteiger partial charge < -0.3 is 14.4 Å². The number of rotatable bonds is 4. The van der Waals surface area contributed by atoms with E-state index < -0.39 is 5.76 Å². The van der Waals surface area contributed by atoms with Gasteiger partial charge in [-0.05, 0) is 48.6 Å². The summed E-state index contributed by atoms with van der Waals surface area (Å²) in [5, 5.41) is 13.6. The fraction of sp³-hybridized carbons (Fsp3) is 0.286. The van der Waals surface area contributed by atoms with E-state index in [-0.39, 0.29) is 24.1 Å². The fourth-order valence-electron chi connectivity index (χ4n) is 3.54. The van der Waals surface area contributed by atoms with Gasteiger partial charge in [0.15, 0.2) is 0 Å². The zero-order chi connectivity index (χ0) is 19.5. The number of piperidine rings is 1. The molecular weight excluding hydrogens is 358 g/mol. The number of hydrogen-bond acceptors (Lipinski definition) is 5. The van der Waals surface area contributed by atoms with E-state index in [1.165, 1.54) is 5.56 Å². The first-order valence-corrected chi connectivity index (χ1v) is 9.30. The minimum atomic E-state index is -0.633. The van der Waals surface area contributed by atoms with Crippen molar-refractivity contribution < 1.29 is 14.3 Å². The van der Waals surface area contributed by atoms with Crippen molar-refractivity contribution in [2.75, 3.05) is 13.1 Å². The Morgan fingerprint density at radius 3 is 2.43 bits per heavy atom. The van der Waals surface area contributed by atoms with Gasteiger partial charge in [0, 0.05) is 18.7 Å². The number of aromatic nitrogens is 2. The Hall–Kier alpha value is -3.35. The van der Waals surface area contributed by atoms with E-state index in [1.54, 1.807) is 29.2 Å². The Bertz CT molecular complexity index is 1000. The molecule has 0 unspecified atom stereocenters. The minimum absolute atomic E-state index is 0.126. The highest BCUT2D eigenvalue weighted by atomic mass is 16.4. The van der Waals surface area contributed by atoms with Gasteiger partial charge in [0.25, 0.3) is 0 Å². The lowest BCUT2D eigenvalue weighted by Gasteiger charge is -2.32. The third kappa shape index (κ3) is 3.83. The average molecular weight is 379 g/mol. The summed E-state index contributed by atoms with van der Waals surface area (Å²) in [7, 11) is 0. The first-order valence-electron chi connectivity index (χ1n) is 9.30. The van der Waals surface area contributed by atoms with Crippen molar-refractivity contribution in [3.05, 3.63) is 70.7 Å². The standard InChI is InChI=1S/C21H21N3O4/c25-18-8-6-15(7-9-18)16-10-12-23(13-11-16)19(26)14-24-21(27)28-20(22-24)17-4-2-1-3-5-17/h1-9,16,25H,10-14H2. The zero-order valence-corrected chi connectivity index (χ0v) is 15.3. The van der Waals surface area contributed by atoms with Crippen LogP contribution >= 0.6 is 0 Å². The van der Waals surface area contributed by atoms with Gasteiger partial charge in [-0.3, -0.25) is 4.79 Å². The molecule has 2 aromatic carbocycles. The van der Waals surface area contributed by atoms with E-state index >= 15 is 0 Å². The maximum atomic E-state index is 12.6. The van der Waals surface area contributed by atoms with E-state index in [0.717, 1.165) is 17.5 Å². The second-order valence-electron chi connectivity index (χ2n) is 6.94. The van der Waals surface area contributed by atoms with Crippen molar-refractivity contribution in [3.63, 3.8) is 0 Å². The fourth-order valence-corrected chi connectivity index (χ4v) is 3.54. The summed E-state index contributed by atoms with van der Waals surface area (Å²) in [5.41, 5.74) is 1.87. The largest absolute Gasteiger partial charge is 0.508 e. The topological polar surface area (TPSA) is 88.6 Å². The normalized spacial score (nSPS) is 14.9. The molecule has 1 saturated heterocycles. The molecule has 1 N–H and O–H groups in total. The summed E-state index contributed by atoms with van der Waals surface area (Å²) in [6.45, 7) is 1.13. The number of phenols is 1. The first-order chi connectivity index (χ1) is 13.6. The van der Waals surface area contributed by atoms with Crippen molar-refractivity contribution in [2.24, 2.45) is 0 Å². The highest BCUT2D eigenvalue weighted by Gasteiger charge is 2.25. The molecule has 7 heteroatoms. The summed E-state index contributed by atoms with van der Waals surface area (Å²) < 4.78 is 6.26. The first kappa shape index (κ1) is 18.0. The molecule has 2 heterocycles. The summed E-state index contributed by atoms with van der Waals surface area (Å²) in [6, 6.07) is 16.4. The molecule has 28 heavy (non-hydrogen) atoms. The van der Waals surface area contributed by atoms with Crippen LogP contribution in [0.2, 0.25) is 0 Å². The molecule has 1 aliphatic rings. The maximum Gasteiger partial charge on any atom is 0.437 e. The van der Waals surface area contributed by atoms with E-state index in [0.29, 0.717) is 24.6 Å². The lowest BCUT2D eigenvalue weighted by molar-refractivity contribution is -0.133. The van der Waals surface area contributed by atoms with Gasteiger partial charge >= 0.3 is 5.76 Å². The minimum Gasteiger partial charge on any atom is -0.508 e. The van der Waals surface area contributed by atoms with Crippen molar-refractivity contribution in [2.45, 2.75) is 25.3 Å². The number of phenolic OH excluding ortho intramolecular Hbond substituents is 1. The third-order valence-electron chi connectivity index (χ3n) is 5.12. The molecule has 1 fully saturated rings. The van der Waals surface area contributed by atoms with Gasteiger partial charge in [0.05, 0.1) is 0 Å². The molecule has 0 radical (unpaired) electrons. The van der Waals surface area contributed by atoms with Crippen LogP contribution in [0.3, 0.4) is 0 Å². The third-order valence-corrected chi connectivity index (χ3v) is 5.12. The van der Waals surface area contributed by atoms with Gasteiger partial charge in [0.2, 0.25) is 11.8 Å². The molecular formula is C21H21N3O4. The number of hydrogen-bond donors (Lipinski definition) is 1. The Morgan fingerprint density at radius 1 is 1.07 bits per heavy atom. The van der Waals surface area contributed by atoms with Crippen LogP contribution in [-0.4, -0.2) is 38.8 Å². The number of likely N-dealkylation sites (tertiary alicyclic amines) is 1. The molecule has 7 nitrogen and oxygen atoms in total. The Kier molecular flexibility index (Phi) is 4.97. The Labute approximate surface area is 161 Å². The van der Waals surface area contributed by atoms with Gasteiger partial charge in [0.1, 0.15) is 12.3 Å². The van der Waals surface area contributed by atoms with Gasteiger partial charge in [-0.2, -0.15) is 4.68 Å². The quantitative estimate of drug-likeness (QED) is 0.753. The number of carbonyl (C=O) groups is 1. The van der Waals surface area contributed by atoms with Crippen LogP contribution in [0.4, 0.5) is 0 Å².